The van der Waals surface area contributed by atoms with Crippen LogP contribution in [0.15, 0.2) is 0 Å². The Bertz CT molecular complexity index is 64.0. The predicted molar refractivity (Wildman–Crippen MR) is 32.9 cm³/mol. The van der Waals surface area contributed by atoms with Crippen LogP contribution < -0.4 is 0 Å². The van der Waals surface area contributed by atoms with Gasteiger partial charge in [0.2, 0.25) is 0 Å². The Labute approximate surface area is 69.4 Å². The van der Waals surface area contributed by atoms with E-state index in [9.17, 15) is 0 Å². The van der Waals surface area contributed by atoms with Gasteiger partial charge in [0, 0.05) is 24.4 Å². The minimum absolute atomic E-state index is 0. The summed E-state index contributed by atoms with van der Waals surface area (Å²) in [4.78, 5) is 1.69. The number of nitrogens with zero attached hydrogens (tertiary/aromatic N) is 1. The van der Waals surface area contributed by atoms with Crippen LogP contribution >= 0.6 is 0 Å². The van der Waals surface area contributed by atoms with Crippen LogP contribution in [-0.2, 0) is 0 Å². The zero-order valence-electron chi connectivity index (χ0n) is 4.30. The zero-order chi connectivity index (χ0) is 5.15. The van der Waals surface area contributed by atoms with Crippen LogP contribution in [0.2, 0.25) is 0 Å². The molecule has 0 bridgehead atoms. The van der Waals surface area contributed by atoms with Crippen LogP contribution in [-0.4, -0.2) is 64.2 Å². The van der Waals surface area contributed by atoms with E-state index in [1.165, 1.54) is 0 Å². The number of nitrogens with one attached hydrogen (secondary N) is 1. The monoisotopic (exact) mass is 272 g/mol. The molecule has 0 amide bonds. The fraction of sp³-hybridized carbons (Fsp3) is 0.667. The Kier molecular flexibility index (Phi) is 7.59. The SMILES string of the molecule is CN(C)C(=N)[Se].[Sb]. The second-order valence-corrected chi connectivity index (χ2v) is 2.01. The van der Waals surface area contributed by atoms with Crippen LogP contribution in [0.3, 0.4) is 0 Å². The molecule has 7 heavy (non-hydrogen) atoms. The van der Waals surface area contributed by atoms with Gasteiger partial charge in [-0.3, -0.25) is 0 Å². The Hall–Kier alpha value is 0.808. The number of hydrogen-bond acceptors (Lipinski definition) is 1. The van der Waals surface area contributed by atoms with E-state index < -0.39 is 0 Å². The Balaban J connectivity index is 0. The van der Waals surface area contributed by atoms with Crippen molar-refractivity contribution in [2.75, 3.05) is 14.1 Å². The minimum Gasteiger partial charge on any atom is 0 e. The first-order valence-corrected chi connectivity index (χ1v) is 2.43. The minimum atomic E-state index is 0. The fourth-order valence-electron chi connectivity index (χ4n) is 0. The topological polar surface area (TPSA) is 27.1 Å². The van der Waals surface area contributed by atoms with E-state index in [4.69, 9.17) is 5.41 Å². The summed E-state index contributed by atoms with van der Waals surface area (Å²) < 4.78 is 0.468. The number of amidine groups is 1. The average molecular weight is 272 g/mol. The summed E-state index contributed by atoms with van der Waals surface area (Å²) in [6.45, 7) is 0. The molecular weight excluding hydrogens is 265 g/mol. The van der Waals surface area contributed by atoms with Crippen molar-refractivity contribution < 1.29 is 0 Å². The van der Waals surface area contributed by atoms with Gasteiger partial charge in [-0.05, 0) is 0 Å². The van der Waals surface area contributed by atoms with Gasteiger partial charge < -0.3 is 0 Å². The first-order valence-electron chi connectivity index (χ1n) is 1.57. The van der Waals surface area contributed by atoms with Crippen LogP contribution in [0.4, 0.5) is 0 Å². The molecule has 0 atom stereocenters. The van der Waals surface area contributed by atoms with Gasteiger partial charge in [0.1, 0.15) is 0 Å². The molecule has 0 fully saturated rings. The molecule has 0 aromatic carbocycles. The van der Waals surface area contributed by atoms with Gasteiger partial charge in [0.05, 0.1) is 0 Å². The zero-order valence-corrected chi connectivity index (χ0v) is 8.57. The van der Waals surface area contributed by atoms with E-state index in [0.29, 0.717) is 4.73 Å². The van der Waals surface area contributed by atoms with Crippen molar-refractivity contribution in [3.63, 3.8) is 0 Å². The van der Waals surface area contributed by atoms with Crippen LogP contribution in [0.1, 0.15) is 0 Å². The molecule has 0 unspecified atom stereocenters. The quantitative estimate of drug-likeness (QED) is 0.351. The first-order chi connectivity index (χ1) is 2.64. The molecule has 0 spiro atoms. The maximum absolute atomic E-state index is 6.82. The molecule has 0 saturated carbocycles. The van der Waals surface area contributed by atoms with Gasteiger partial charge in [0.15, 0.2) is 0 Å². The largest absolute Gasteiger partial charge is 0 e. The van der Waals surface area contributed by atoms with E-state index in [1.807, 2.05) is 14.1 Å². The average Bonchev–Trinajstić information content (AvgIpc) is 1.36. The third-order valence-electron chi connectivity index (χ3n) is 0.406. The number of rotatable bonds is 0. The molecule has 0 aliphatic rings. The molecule has 2 nitrogen and oxygen atoms in total. The summed E-state index contributed by atoms with van der Waals surface area (Å²) >= 11 is 2.55. The van der Waals surface area contributed by atoms with Crippen molar-refractivity contribution in [2.45, 2.75) is 0 Å². The predicted octanol–water partition coefficient (Wildman–Crippen LogP) is -0.730. The Morgan fingerprint density at radius 1 is 1.57 bits per heavy atom. The van der Waals surface area contributed by atoms with Crippen molar-refractivity contribution >= 4 is 45.2 Å². The summed E-state index contributed by atoms with van der Waals surface area (Å²) in [6.07, 6.45) is 0. The standard InChI is InChI=1S/C3H7N2Se.Sb/c1-5(2)3(4)6;/h4H,1-2H3;. The molecule has 1 N–H and O–H groups in total. The van der Waals surface area contributed by atoms with Crippen LogP contribution in [0.25, 0.3) is 0 Å². The van der Waals surface area contributed by atoms with Gasteiger partial charge in [-0.2, -0.15) is 0 Å². The van der Waals surface area contributed by atoms with E-state index in [0.717, 1.165) is 0 Å². The van der Waals surface area contributed by atoms with Crippen LogP contribution in [0, 0.1) is 5.41 Å². The van der Waals surface area contributed by atoms with Gasteiger partial charge in [-0.15, -0.1) is 0 Å². The van der Waals surface area contributed by atoms with E-state index in [1.54, 1.807) is 4.90 Å². The first kappa shape index (κ1) is 10.7. The maximum Gasteiger partial charge on any atom is 0 e. The smallest absolute Gasteiger partial charge is 0 e. The third kappa shape index (κ3) is 6.81. The van der Waals surface area contributed by atoms with Gasteiger partial charge in [-0.25, -0.2) is 0 Å². The molecule has 0 saturated heterocycles. The normalized spacial score (nSPS) is 6.57. The second kappa shape index (κ2) is 4.95. The second-order valence-electron chi connectivity index (χ2n) is 1.20. The van der Waals surface area contributed by atoms with Gasteiger partial charge >= 0.3 is 45.2 Å². The summed E-state index contributed by atoms with van der Waals surface area (Å²) in [5.41, 5.74) is 0. The Morgan fingerprint density at radius 2 is 1.71 bits per heavy atom. The molecule has 0 aliphatic carbocycles. The molecule has 40 valence electrons. The Morgan fingerprint density at radius 3 is 1.71 bits per heavy atom. The van der Waals surface area contributed by atoms with Gasteiger partial charge in [-0.1, -0.05) is 0 Å². The van der Waals surface area contributed by atoms with E-state index >= 15 is 0 Å². The molecule has 0 aromatic heterocycles. The summed E-state index contributed by atoms with van der Waals surface area (Å²) in [5.74, 6) is 0. The summed E-state index contributed by atoms with van der Waals surface area (Å²) in [5, 5.41) is 6.82. The summed E-state index contributed by atoms with van der Waals surface area (Å²) in [7, 11) is 3.64. The van der Waals surface area contributed by atoms with Crippen molar-refractivity contribution in [1.82, 2.24) is 4.90 Å². The van der Waals surface area contributed by atoms with Crippen LogP contribution in [0.5, 0.6) is 0 Å². The fourth-order valence-corrected chi connectivity index (χ4v) is 0. The van der Waals surface area contributed by atoms with E-state index in [2.05, 4.69) is 16.0 Å². The van der Waals surface area contributed by atoms with Gasteiger partial charge in [0.25, 0.3) is 0 Å². The van der Waals surface area contributed by atoms with Crippen molar-refractivity contribution in [3.8, 4) is 0 Å². The van der Waals surface area contributed by atoms with Crippen molar-refractivity contribution in [2.24, 2.45) is 0 Å². The van der Waals surface area contributed by atoms with Crippen molar-refractivity contribution in [1.29, 1.82) is 5.41 Å². The third-order valence-corrected chi connectivity index (χ3v) is 1.17. The number of hydrogen-bond donors (Lipinski definition) is 1. The molecule has 0 aromatic rings. The molecule has 4 heteroatoms. The van der Waals surface area contributed by atoms with Crippen molar-refractivity contribution in [3.05, 3.63) is 0 Å². The molecular formula is C3H7N2SbSe. The molecule has 0 heterocycles. The van der Waals surface area contributed by atoms with E-state index in [-0.39, 0.29) is 24.4 Å². The molecule has 0 aliphatic heterocycles. The molecule has 4 radical (unpaired) electrons. The molecule has 0 rings (SSSR count). The maximum atomic E-state index is 6.82. The summed E-state index contributed by atoms with van der Waals surface area (Å²) in [6, 6.07) is 0.